The Morgan fingerprint density at radius 3 is 2.58 bits per heavy atom. The van der Waals surface area contributed by atoms with Gasteiger partial charge in [0.25, 0.3) is 0 Å². The number of amides is 4. The predicted octanol–water partition coefficient (Wildman–Crippen LogP) is 0.622. The van der Waals surface area contributed by atoms with Gasteiger partial charge < -0.3 is 10.2 Å². The maximum Gasteiger partial charge on any atom is 0.331 e. The second-order valence-corrected chi connectivity index (χ2v) is 6.09. The van der Waals surface area contributed by atoms with Crippen LogP contribution in [-0.2, 0) is 20.9 Å². The van der Waals surface area contributed by atoms with Crippen molar-refractivity contribution in [3.63, 3.8) is 0 Å². The Morgan fingerprint density at radius 2 is 1.92 bits per heavy atom. The number of morpholine rings is 1. The van der Waals surface area contributed by atoms with Gasteiger partial charge in [0.2, 0.25) is 11.8 Å². The molecule has 2 saturated heterocycles. The van der Waals surface area contributed by atoms with Crippen LogP contribution in [0.3, 0.4) is 0 Å². The largest absolute Gasteiger partial charge is 0.379 e. The minimum absolute atomic E-state index is 0.115. The van der Waals surface area contributed by atoms with E-state index in [1.54, 1.807) is 13.0 Å². The molecule has 8 heteroatoms. The summed E-state index contributed by atoms with van der Waals surface area (Å²) in [6.07, 6.45) is 1.69. The molecule has 0 spiro atoms. The van der Waals surface area contributed by atoms with Crippen LogP contribution in [-0.4, -0.2) is 54.1 Å². The number of hydrogen-bond acceptors (Lipinski definition) is 6. The minimum Gasteiger partial charge on any atom is -0.379 e. The monoisotopic (exact) mass is 358 g/mol. The second-order valence-electron chi connectivity index (χ2n) is 6.09. The first-order chi connectivity index (χ1) is 12.6. The van der Waals surface area contributed by atoms with Crippen molar-refractivity contribution < 1.29 is 19.1 Å². The number of hydrogen-bond donors (Lipinski definition) is 2. The third-order valence-corrected chi connectivity index (χ3v) is 4.35. The fourth-order valence-electron chi connectivity index (χ4n) is 2.96. The standard InChI is InChI=1S/C18H22N4O4/c1-2-14(20-21-8-10-26-11-9-21)15-16(23)19-18(25)22(17(15)24)12-13-6-4-3-5-7-13/h2-7,15,20H,8-12H2,1H3,(H,19,23,25)/b14-2-/t15-/m0/s1. The lowest BCUT2D eigenvalue weighted by atomic mass is 10.00. The number of ether oxygens (including phenoxy) is 1. The van der Waals surface area contributed by atoms with Gasteiger partial charge in [-0.2, -0.15) is 0 Å². The molecular weight excluding hydrogens is 336 g/mol. The third-order valence-electron chi connectivity index (χ3n) is 4.35. The number of urea groups is 1. The van der Waals surface area contributed by atoms with Crippen LogP contribution in [0.1, 0.15) is 12.5 Å². The summed E-state index contributed by atoms with van der Waals surface area (Å²) in [4.78, 5) is 38.5. The normalized spacial score (nSPS) is 22.3. The Balaban J connectivity index is 1.77. The van der Waals surface area contributed by atoms with Crippen LogP contribution >= 0.6 is 0 Å². The number of hydrazine groups is 1. The number of allylic oxidation sites excluding steroid dienone is 1. The molecule has 138 valence electrons. The molecule has 2 N–H and O–H groups in total. The Morgan fingerprint density at radius 1 is 1.23 bits per heavy atom. The summed E-state index contributed by atoms with van der Waals surface area (Å²) < 4.78 is 5.30. The smallest absolute Gasteiger partial charge is 0.331 e. The molecule has 2 aliphatic rings. The van der Waals surface area contributed by atoms with Gasteiger partial charge in [-0.25, -0.2) is 9.80 Å². The third kappa shape index (κ3) is 3.92. The van der Waals surface area contributed by atoms with Gasteiger partial charge in [-0.15, -0.1) is 0 Å². The first-order valence-corrected chi connectivity index (χ1v) is 8.56. The van der Waals surface area contributed by atoms with E-state index in [1.807, 2.05) is 35.3 Å². The molecule has 4 amide bonds. The number of benzene rings is 1. The molecule has 26 heavy (non-hydrogen) atoms. The van der Waals surface area contributed by atoms with Crippen LogP contribution in [0.4, 0.5) is 4.79 Å². The second kappa shape index (κ2) is 8.11. The predicted molar refractivity (Wildman–Crippen MR) is 93.3 cm³/mol. The fraction of sp³-hybridized carbons (Fsp3) is 0.389. The van der Waals surface area contributed by atoms with Crippen LogP contribution in [0.5, 0.6) is 0 Å². The summed E-state index contributed by atoms with van der Waals surface area (Å²) in [5.41, 5.74) is 4.40. The van der Waals surface area contributed by atoms with E-state index in [0.29, 0.717) is 32.0 Å². The lowest BCUT2D eigenvalue weighted by Crippen LogP contribution is -2.60. The van der Waals surface area contributed by atoms with Crippen molar-refractivity contribution in [2.75, 3.05) is 26.3 Å². The van der Waals surface area contributed by atoms with Crippen molar-refractivity contribution in [2.45, 2.75) is 13.5 Å². The van der Waals surface area contributed by atoms with Gasteiger partial charge in [-0.3, -0.25) is 19.8 Å². The molecule has 0 bridgehead atoms. The van der Waals surface area contributed by atoms with Gasteiger partial charge in [-0.05, 0) is 12.5 Å². The van der Waals surface area contributed by atoms with Gasteiger partial charge in [0.1, 0.15) is 0 Å². The minimum atomic E-state index is -1.08. The zero-order chi connectivity index (χ0) is 18.5. The molecule has 8 nitrogen and oxygen atoms in total. The molecule has 1 aromatic carbocycles. The molecule has 0 radical (unpaired) electrons. The quantitative estimate of drug-likeness (QED) is 0.750. The van der Waals surface area contributed by atoms with Gasteiger partial charge in [0.05, 0.1) is 19.8 Å². The molecule has 1 aromatic rings. The number of imide groups is 2. The molecule has 0 aromatic heterocycles. The molecule has 0 unspecified atom stereocenters. The van der Waals surface area contributed by atoms with Gasteiger partial charge in [0, 0.05) is 18.8 Å². The van der Waals surface area contributed by atoms with Crippen molar-refractivity contribution in [1.29, 1.82) is 0 Å². The average molecular weight is 358 g/mol. The zero-order valence-electron chi connectivity index (χ0n) is 14.6. The van der Waals surface area contributed by atoms with E-state index >= 15 is 0 Å². The van der Waals surface area contributed by atoms with Crippen molar-refractivity contribution in [1.82, 2.24) is 20.7 Å². The summed E-state index contributed by atoms with van der Waals surface area (Å²) in [6.45, 7) is 4.31. The Kier molecular flexibility index (Phi) is 5.65. The van der Waals surface area contributed by atoms with Crippen LogP contribution in [0, 0.1) is 5.92 Å². The number of rotatable bonds is 5. The van der Waals surface area contributed by atoms with E-state index in [-0.39, 0.29) is 6.54 Å². The lowest BCUT2D eigenvalue weighted by Gasteiger charge is -2.35. The zero-order valence-corrected chi connectivity index (χ0v) is 14.6. The first kappa shape index (κ1) is 18.1. The highest BCUT2D eigenvalue weighted by Gasteiger charge is 2.42. The number of carbonyl (C=O) groups excluding carboxylic acids is 3. The molecule has 0 aliphatic carbocycles. The topological polar surface area (TPSA) is 91.0 Å². The Bertz CT molecular complexity index is 713. The van der Waals surface area contributed by atoms with E-state index in [9.17, 15) is 14.4 Å². The Hall–Kier alpha value is -2.71. The molecule has 2 heterocycles. The van der Waals surface area contributed by atoms with Crippen molar-refractivity contribution in [3.8, 4) is 0 Å². The van der Waals surface area contributed by atoms with E-state index < -0.39 is 23.8 Å². The SMILES string of the molecule is C/C=C(\NN1CCOCC1)[C@H]1C(=O)NC(=O)N(Cc2ccccc2)C1=O. The van der Waals surface area contributed by atoms with Gasteiger partial charge in [0.15, 0.2) is 5.92 Å². The van der Waals surface area contributed by atoms with Gasteiger partial charge >= 0.3 is 6.03 Å². The highest BCUT2D eigenvalue weighted by atomic mass is 16.5. The fourth-order valence-corrected chi connectivity index (χ4v) is 2.96. The summed E-state index contributed by atoms with van der Waals surface area (Å²) in [7, 11) is 0. The molecule has 1 atom stereocenters. The average Bonchev–Trinajstić information content (AvgIpc) is 2.66. The number of nitrogens with zero attached hydrogens (tertiary/aromatic N) is 2. The lowest BCUT2D eigenvalue weighted by molar-refractivity contribution is -0.141. The molecule has 0 saturated carbocycles. The number of barbiturate groups is 1. The van der Waals surface area contributed by atoms with Crippen molar-refractivity contribution in [2.24, 2.45) is 5.92 Å². The first-order valence-electron chi connectivity index (χ1n) is 8.56. The van der Waals surface area contributed by atoms with E-state index in [2.05, 4.69) is 10.7 Å². The van der Waals surface area contributed by atoms with E-state index in [4.69, 9.17) is 4.74 Å². The number of carbonyl (C=O) groups is 3. The number of nitrogens with one attached hydrogen (secondary N) is 2. The van der Waals surface area contributed by atoms with Crippen molar-refractivity contribution >= 4 is 17.8 Å². The maximum atomic E-state index is 12.9. The van der Waals surface area contributed by atoms with Crippen LogP contribution in [0.15, 0.2) is 42.1 Å². The molecular formula is C18H22N4O4. The summed E-state index contributed by atoms with van der Waals surface area (Å²) in [6, 6.07) is 8.49. The van der Waals surface area contributed by atoms with Gasteiger partial charge in [-0.1, -0.05) is 36.4 Å². The van der Waals surface area contributed by atoms with E-state index in [1.165, 1.54) is 0 Å². The highest BCUT2D eigenvalue weighted by molar-refractivity contribution is 6.17. The highest BCUT2D eigenvalue weighted by Crippen LogP contribution is 2.20. The van der Waals surface area contributed by atoms with Crippen LogP contribution < -0.4 is 10.7 Å². The molecule has 3 rings (SSSR count). The summed E-state index contributed by atoms with van der Waals surface area (Å²) in [5.74, 6) is -2.22. The van der Waals surface area contributed by atoms with Crippen LogP contribution in [0.2, 0.25) is 0 Å². The summed E-state index contributed by atoms with van der Waals surface area (Å²) in [5, 5.41) is 4.19. The van der Waals surface area contributed by atoms with Crippen LogP contribution in [0.25, 0.3) is 0 Å². The maximum absolute atomic E-state index is 12.9. The molecule has 2 fully saturated rings. The molecule has 2 aliphatic heterocycles. The van der Waals surface area contributed by atoms with Crippen molar-refractivity contribution in [3.05, 3.63) is 47.7 Å². The summed E-state index contributed by atoms with van der Waals surface area (Å²) >= 11 is 0. The van der Waals surface area contributed by atoms with E-state index in [0.717, 1.165) is 10.5 Å². The Labute approximate surface area is 151 Å².